The normalized spacial score (nSPS) is 14.8. The SMILES string of the molecule is C=CCN(Cc1ccccc1F)C(=O)CCC1CCNCC1.Cl. The lowest BCUT2D eigenvalue weighted by Gasteiger charge is -2.25. The van der Waals surface area contributed by atoms with Crippen LogP contribution in [0.15, 0.2) is 36.9 Å². The molecule has 0 saturated carbocycles. The van der Waals surface area contributed by atoms with Gasteiger partial charge in [-0.2, -0.15) is 0 Å². The van der Waals surface area contributed by atoms with Crippen molar-refractivity contribution in [2.45, 2.75) is 32.2 Å². The molecule has 1 aliphatic heterocycles. The zero-order valence-electron chi connectivity index (χ0n) is 13.5. The van der Waals surface area contributed by atoms with Crippen LogP contribution in [0.1, 0.15) is 31.2 Å². The van der Waals surface area contributed by atoms with E-state index in [-0.39, 0.29) is 24.1 Å². The van der Waals surface area contributed by atoms with Gasteiger partial charge in [0.15, 0.2) is 0 Å². The molecule has 1 saturated heterocycles. The van der Waals surface area contributed by atoms with E-state index in [9.17, 15) is 9.18 Å². The molecule has 0 radical (unpaired) electrons. The second-order valence-corrected chi connectivity index (χ2v) is 5.89. The summed E-state index contributed by atoms with van der Waals surface area (Å²) in [6.45, 7) is 6.56. The van der Waals surface area contributed by atoms with E-state index >= 15 is 0 Å². The van der Waals surface area contributed by atoms with Crippen LogP contribution < -0.4 is 5.32 Å². The summed E-state index contributed by atoms with van der Waals surface area (Å²) in [4.78, 5) is 14.1. The Hall–Kier alpha value is -1.39. The van der Waals surface area contributed by atoms with Crippen LogP contribution in [0.5, 0.6) is 0 Å². The van der Waals surface area contributed by atoms with E-state index in [4.69, 9.17) is 0 Å². The third-order valence-electron chi connectivity index (χ3n) is 4.25. The molecule has 1 aliphatic rings. The van der Waals surface area contributed by atoms with Gasteiger partial charge in [-0.15, -0.1) is 19.0 Å². The number of hydrogen-bond donors (Lipinski definition) is 1. The summed E-state index contributed by atoms with van der Waals surface area (Å²) in [5.41, 5.74) is 0.555. The average Bonchev–Trinajstić information content (AvgIpc) is 2.55. The number of nitrogens with zero attached hydrogens (tertiary/aromatic N) is 1. The van der Waals surface area contributed by atoms with Gasteiger partial charge in [0, 0.05) is 25.1 Å². The third kappa shape index (κ3) is 6.32. The highest BCUT2D eigenvalue weighted by Gasteiger charge is 2.18. The molecule has 0 aliphatic carbocycles. The van der Waals surface area contributed by atoms with Gasteiger partial charge in [0.25, 0.3) is 0 Å². The Kier molecular flexibility index (Phi) is 8.89. The molecule has 1 fully saturated rings. The maximum Gasteiger partial charge on any atom is 0.223 e. The largest absolute Gasteiger partial charge is 0.335 e. The number of amides is 1. The maximum atomic E-state index is 13.8. The maximum absolute atomic E-state index is 13.8. The number of hydrogen-bond acceptors (Lipinski definition) is 2. The van der Waals surface area contributed by atoms with E-state index in [2.05, 4.69) is 11.9 Å². The van der Waals surface area contributed by atoms with Crippen LogP contribution in [0, 0.1) is 11.7 Å². The van der Waals surface area contributed by atoms with E-state index in [1.54, 1.807) is 29.2 Å². The van der Waals surface area contributed by atoms with E-state index < -0.39 is 0 Å². The molecule has 3 nitrogen and oxygen atoms in total. The molecule has 1 aromatic carbocycles. The van der Waals surface area contributed by atoms with Crippen molar-refractivity contribution in [1.82, 2.24) is 10.2 Å². The van der Waals surface area contributed by atoms with E-state index in [1.807, 2.05) is 0 Å². The van der Waals surface area contributed by atoms with Gasteiger partial charge in [0.1, 0.15) is 5.82 Å². The fraction of sp³-hybridized carbons (Fsp3) is 0.500. The quantitative estimate of drug-likeness (QED) is 0.770. The van der Waals surface area contributed by atoms with E-state index in [1.165, 1.54) is 6.07 Å². The molecule has 2 rings (SSSR count). The molecule has 0 unspecified atom stereocenters. The molecule has 23 heavy (non-hydrogen) atoms. The first-order valence-electron chi connectivity index (χ1n) is 8.03. The summed E-state index contributed by atoms with van der Waals surface area (Å²) in [5.74, 6) is 0.452. The number of halogens is 2. The van der Waals surface area contributed by atoms with Gasteiger partial charge in [-0.25, -0.2) is 4.39 Å². The fourth-order valence-electron chi connectivity index (χ4n) is 2.90. The Morgan fingerprint density at radius 1 is 1.35 bits per heavy atom. The van der Waals surface area contributed by atoms with Crippen LogP contribution >= 0.6 is 12.4 Å². The van der Waals surface area contributed by atoms with Crippen molar-refractivity contribution in [2.24, 2.45) is 5.92 Å². The predicted octanol–water partition coefficient (Wildman–Crippen LogP) is 3.54. The smallest absolute Gasteiger partial charge is 0.223 e. The van der Waals surface area contributed by atoms with Gasteiger partial charge < -0.3 is 10.2 Å². The Morgan fingerprint density at radius 3 is 2.70 bits per heavy atom. The van der Waals surface area contributed by atoms with Crippen molar-refractivity contribution < 1.29 is 9.18 Å². The standard InChI is InChI=1S/C18H25FN2O.ClH/c1-2-13-21(14-16-5-3-4-6-17(16)19)18(22)8-7-15-9-11-20-12-10-15;/h2-6,15,20H,1,7-14H2;1H. The molecule has 0 bridgehead atoms. The van der Waals surface area contributed by atoms with Crippen LogP contribution in [0.25, 0.3) is 0 Å². The Balaban J connectivity index is 0.00000264. The molecular formula is C18H26ClFN2O. The molecule has 1 heterocycles. The Morgan fingerprint density at radius 2 is 2.04 bits per heavy atom. The zero-order chi connectivity index (χ0) is 15.8. The highest BCUT2D eigenvalue weighted by atomic mass is 35.5. The van der Waals surface area contributed by atoms with Gasteiger partial charge in [-0.05, 0) is 44.3 Å². The summed E-state index contributed by atoms with van der Waals surface area (Å²) < 4.78 is 13.8. The minimum absolute atomic E-state index is 0. The van der Waals surface area contributed by atoms with E-state index in [0.29, 0.717) is 31.0 Å². The summed E-state index contributed by atoms with van der Waals surface area (Å²) in [6, 6.07) is 6.62. The minimum atomic E-state index is -0.261. The lowest BCUT2D eigenvalue weighted by molar-refractivity contribution is -0.131. The molecule has 0 spiro atoms. The first-order chi connectivity index (χ1) is 10.7. The van der Waals surface area contributed by atoms with Crippen molar-refractivity contribution in [2.75, 3.05) is 19.6 Å². The van der Waals surface area contributed by atoms with Crippen LogP contribution in [0.4, 0.5) is 4.39 Å². The van der Waals surface area contributed by atoms with Crippen molar-refractivity contribution in [3.63, 3.8) is 0 Å². The fourth-order valence-corrected chi connectivity index (χ4v) is 2.90. The summed E-state index contributed by atoms with van der Waals surface area (Å²) in [5, 5.41) is 3.33. The molecular weight excluding hydrogens is 315 g/mol. The predicted molar refractivity (Wildman–Crippen MR) is 94.1 cm³/mol. The zero-order valence-corrected chi connectivity index (χ0v) is 14.3. The number of rotatable bonds is 7. The van der Waals surface area contributed by atoms with Gasteiger partial charge >= 0.3 is 0 Å². The van der Waals surface area contributed by atoms with Crippen LogP contribution in [-0.2, 0) is 11.3 Å². The van der Waals surface area contributed by atoms with Gasteiger partial charge in [-0.1, -0.05) is 24.3 Å². The molecule has 1 N–H and O–H groups in total. The highest BCUT2D eigenvalue weighted by Crippen LogP contribution is 2.19. The molecule has 5 heteroatoms. The van der Waals surface area contributed by atoms with Gasteiger partial charge in [0.05, 0.1) is 0 Å². The average molecular weight is 341 g/mol. The topological polar surface area (TPSA) is 32.3 Å². The number of carbonyl (C=O) groups excluding carboxylic acids is 1. The van der Waals surface area contributed by atoms with Crippen LogP contribution in [0.3, 0.4) is 0 Å². The van der Waals surface area contributed by atoms with Crippen molar-refractivity contribution in [3.05, 3.63) is 48.3 Å². The summed E-state index contributed by atoms with van der Waals surface area (Å²) in [6.07, 6.45) is 5.44. The van der Waals surface area contributed by atoms with E-state index in [0.717, 1.165) is 32.4 Å². The van der Waals surface area contributed by atoms with Crippen molar-refractivity contribution >= 4 is 18.3 Å². The van der Waals surface area contributed by atoms with Crippen LogP contribution in [0.2, 0.25) is 0 Å². The minimum Gasteiger partial charge on any atom is -0.335 e. The number of nitrogens with one attached hydrogen (secondary N) is 1. The third-order valence-corrected chi connectivity index (χ3v) is 4.25. The molecule has 1 amide bonds. The highest BCUT2D eigenvalue weighted by molar-refractivity contribution is 5.85. The van der Waals surface area contributed by atoms with Crippen molar-refractivity contribution in [3.8, 4) is 0 Å². The van der Waals surface area contributed by atoms with Crippen LogP contribution in [-0.4, -0.2) is 30.4 Å². The lowest BCUT2D eigenvalue weighted by Crippen LogP contribution is -2.32. The van der Waals surface area contributed by atoms with Gasteiger partial charge in [-0.3, -0.25) is 4.79 Å². The summed E-state index contributed by atoms with van der Waals surface area (Å²) in [7, 11) is 0. The first kappa shape index (κ1) is 19.7. The Bertz CT molecular complexity index is 504. The van der Waals surface area contributed by atoms with Crippen molar-refractivity contribution in [1.29, 1.82) is 0 Å². The molecule has 1 aromatic rings. The number of piperidine rings is 1. The molecule has 0 atom stereocenters. The lowest BCUT2D eigenvalue weighted by atomic mass is 9.93. The second kappa shape index (κ2) is 10.4. The Labute approximate surface area is 144 Å². The molecule has 128 valence electrons. The van der Waals surface area contributed by atoms with Gasteiger partial charge in [0.2, 0.25) is 5.91 Å². The number of benzene rings is 1. The monoisotopic (exact) mass is 340 g/mol. The summed E-state index contributed by atoms with van der Waals surface area (Å²) >= 11 is 0. The first-order valence-corrected chi connectivity index (χ1v) is 8.03. The molecule has 0 aromatic heterocycles. The number of carbonyl (C=O) groups is 1. The second-order valence-electron chi connectivity index (χ2n) is 5.89.